The summed E-state index contributed by atoms with van der Waals surface area (Å²) in [6.07, 6.45) is 2.20. The molecule has 0 unspecified atom stereocenters. The van der Waals surface area contributed by atoms with E-state index in [-0.39, 0.29) is 17.3 Å². The van der Waals surface area contributed by atoms with Gasteiger partial charge in [-0.25, -0.2) is 4.79 Å². The van der Waals surface area contributed by atoms with Crippen LogP contribution in [0.4, 0.5) is 0 Å². The number of fused-ring (bicyclic) bond motifs is 1. The van der Waals surface area contributed by atoms with Crippen LogP contribution < -0.4 is 0 Å². The number of methoxy groups -OCH3 is 1. The fraction of sp³-hybridized carbons (Fsp3) is 0.500. The first-order chi connectivity index (χ1) is 6.22. The van der Waals surface area contributed by atoms with Crippen molar-refractivity contribution < 1.29 is 14.3 Å². The topological polar surface area (TPSA) is 46.6 Å². The summed E-state index contributed by atoms with van der Waals surface area (Å²) in [6.45, 7) is 0. The number of carbonyl (C=O) groups excluding carboxylic acids is 2. The largest absolute Gasteiger partial charge is 0.466 e. The minimum atomic E-state index is -0.342. The fourth-order valence-corrected chi connectivity index (χ4v) is 2.49. The van der Waals surface area contributed by atoms with Crippen LogP contribution in [0, 0.1) is 0 Å². The van der Waals surface area contributed by atoms with Crippen LogP contribution in [-0.4, -0.2) is 35.0 Å². The molecule has 0 saturated carbocycles. The van der Waals surface area contributed by atoms with E-state index < -0.39 is 0 Å². The molecule has 0 spiro atoms. The van der Waals surface area contributed by atoms with Gasteiger partial charge >= 0.3 is 5.97 Å². The summed E-state index contributed by atoms with van der Waals surface area (Å²) in [5.41, 5.74) is 0.566. The Morgan fingerprint density at radius 2 is 2.54 bits per heavy atom. The normalized spacial score (nSPS) is 25.9. The molecule has 70 valence electrons. The zero-order valence-corrected chi connectivity index (χ0v) is 7.97. The number of carbonyl (C=O) groups is 2. The summed E-state index contributed by atoms with van der Waals surface area (Å²) in [6, 6.07) is 0. The molecule has 1 saturated heterocycles. The van der Waals surface area contributed by atoms with Gasteiger partial charge in [-0.05, 0) is 0 Å². The Balaban J connectivity index is 2.14. The van der Waals surface area contributed by atoms with Gasteiger partial charge in [-0.15, -0.1) is 11.8 Å². The zero-order chi connectivity index (χ0) is 9.42. The Morgan fingerprint density at radius 1 is 1.77 bits per heavy atom. The second-order valence-corrected chi connectivity index (χ2v) is 4.08. The lowest BCUT2D eigenvalue weighted by Gasteiger charge is -2.40. The Morgan fingerprint density at radius 3 is 3.15 bits per heavy atom. The van der Waals surface area contributed by atoms with Crippen molar-refractivity contribution in [2.24, 2.45) is 0 Å². The van der Waals surface area contributed by atoms with E-state index in [1.165, 1.54) is 7.11 Å². The van der Waals surface area contributed by atoms with Gasteiger partial charge in [-0.2, -0.15) is 0 Å². The van der Waals surface area contributed by atoms with Crippen molar-refractivity contribution >= 4 is 23.6 Å². The molecule has 2 rings (SSSR count). The van der Waals surface area contributed by atoms with E-state index in [0.29, 0.717) is 17.7 Å². The van der Waals surface area contributed by atoms with Gasteiger partial charge < -0.3 is 9.64 Å². The van der Waals surface area contributed by atoms with Crippen molar-refractivity contribution in [2.75, 3.05) is 12.9 Å². The number of thioether (sulfide) groups is 1. The molecule has 0 aromatic heterocycles. The third kappa shape index (κ3) is 1.33. The number of amides is 1. The highest BCUT2D eigenvalue weighted by molar-refractivity contribution is 8.00. The number of ether oxygens (including phenoxy) is 1. The maximum atomic E-state index is 11.1. The molecule has 2 aliphatic heterocycles. The fourth-order valence-electron chi connectivity index (χ4n) is 1.33. The van der Waals surface area contributed by atoms with Gasteiger partial charge in [-0.3, -0.25) is 4.79 Å². The highest BCUT2D eigenvalue weighted by atomic mass is 32.2. The standard InChI is InChI=1S/C8H9NO3S/c1-12-8(11)5-3-9-6(10)2-7(9)13-4-5/h3,7H,2,4H2,1H3/t7-/m1/s1. The predicted molar refractivity (Wildman–Crippen MR) is 47.8 cm³/mol. The summed E-state index contributed by atoms with van der Waals surface area (Å²) >= 11 is 1.60. The van der Waals surface area contributed by atoms with Gasteiger partial charge in [0.05, 0.1) is 24.5 Å². The maximum absolute atomic E-state index is 11.1. The highest BCUT2D eigenvalue weighted by Crippen LogP contribution is 2.35. The van der Waals surface area contributed by atoms with Crippen molar-refractivity contribution in [3.8, 4) is 0 Å². The van der Waals surface area contributed by atoms with E-state index in [1.807, 2.05) is 0 Å². The molecule has 0 aromatic carbocycles. The monoisotopic (exact) mass is 199 g/mol. The SMILES string of the molecule is COC(=O)C1=CN2C(=O)C[C@H]2SC1. The summed E-state index contributed by atoms with van der Waals surface area (Å²) in [5, 5.41) is 0.251. The minimum Gasteiger partial charge on any atom is -0.466 e. The lowest BCUT2D eigenvalue weighted by Crippen LogP contribution is -2.49. The van der Waals surface area contributed by atoms with Crippen LogP contribution in [0.5, 0.6) is 0 Å². The smallest absolute Gasteiger partial charge is 0.336 e. The van der Waals surface area contributed by atoms with Crippen LogP contribution in [0.2, 0.25) is 0 Å². The van der Waals surface area contributed by atoms with E-state index in [4.69, 9.17) is 0 Å². The zero-order valence-electron chi connectivity index (χ0n) is 7.15. The van der Waals surface area contributed by atoms with E-state index in [1.54, 1.807) is 22.9 Å². The molecule has 0 radical (unpaired) electrons. The number of hydrogen-bond acceptors (Lipinski definition) is 4. The first kappa shape index (κ1) is 8.62. The minimum absolute atomic E-state index is 0.0820. The maximum Gasteiger partial charge on any atom is 0.336 e. The van der Waals surface area contributed by atoms with E-state index in [2.05, 4.69) is 4.74 Å². The summed E-state index contributed by atoms with van der Waals surface area (Å²) in [4.78, 5) is 23.7. The van der Waals surface area contributed by atoms with Crippen LogP contribution in [0.15, 0.2) is 11.8 Å². The van der Waals surface area contributed by atoms with E-state index in [9.17, 15) is 9.59 Å². The van der Waals surface area contributed by atoms with Crippen LogP contribution in [0.3, 0.4) is 0 Å². The second-order valence-electron chi connectivity index (χ2n) is 2.92. The lowest BCUT2D eigenvalue weighted by atomic mass is 10.2. The molecule has 2 aliphatic rings. The quantitative estimate of drug-likeness (QED) is 0.451. The molecular weight excluding hydrogens is 190 g/mol. The van der Waals surface area contributed by atoms with Gasteiger partial charge in [0.25, 0.3) is 0 Å². The lowest BCUT2D eigenvalue weighted by molar-refractivity contribution is -0.138. The van der Waals surface area contributed by atoms with Gasteiger partial charge in [0.1, 0.15) is 0 Å². The molecule has 13 heavy (non-hydrogen) atoms. The van der Waals surface area contributed by atoms with Crippen LogP contribution in [0.1, 0.15) is 6.42 Å². The number of β-lactam (4-membered cyclic amide) rings is 1. The van der Waals surface area contributed by atoms with Crippen molar-refractivity contribution in [1.29, 1.82) is 0 Å². The first-order valence-corrected chi connectivity index (χ1v) is 4.99. The van der Waals surface area contributed by atoms with Crippen molar-refractivity contribution in [3.05, 3.63) is 11.8 Å². The number of hydrogen-bond donors (Lipinski definition) is 0. The van der Waals surface area contributed by atoms with E-state index in [0.717, 1.165) is 0 Å². The Labute approximate surface area is 79.9 Å². The molecule has 4 nitrogen and oxygen atoms in total. The summed E-state index contributed by atoms with van der Waals surface area (Å²) in [5.74, 6) is 0.380. The highest BCUT2D eigenvalue weighted by Gasteiger charge is 2.39. The Kier molecular flexibility index (Phi) is 2.03. The Hall–Kier alpha value is -0.970. The summed E-state index contributed by atoms with van der Waals surface area (Å²) in [7, 11) is 1.35. The number of esters is 1. The van der Waals surface area contributed by atoms with Gasteiger partial charge in [-0.1, -0.05) is 0 Å². The third-order valence-corrected chi connectivity index (χ3v) is 3.38. The van der Waals surface area contributed by atoms with Crippen LogP contribution in [-0.2, 0) is 14.3 Å². The molecule has 0 N–H and O–H groups in total. The molecular formula is C8H9NO3S. The summed E-state index contributed by atoms with van der Waals surface area (Å²) < 4.78 is 4.57. The first-order valence-electron chi connectivity index (χ1n) is 3.94. The van der Waals surface area contributed by atoms with Gasteiger partial charge in [0, 0.05) is 12.0 Å². The average molecular weight is 199 g/mol. The molecule has 1 atom stereocenters. The van der Waals surface area contributed by atoms with Gasteiger partial charge in [0.15, 0.2) is 0 Å². The van der Waals surface area contributed by atoms with Crippen molar-refractivity contribution in [1.82, 2.24) is 4.90 Å². The average Bonchev–Trinajstić information content (AvgIpc) is 2.15. The van der Waals surface area contributed by atoms with Crippen LogP contribution >= 0.6 is 11.8 Å². The van der Waals surface area contributed by atoms with Crippen LogP contribution in [0.25, 0.3) is 0 Å². The molecule has 0 bridgehead atoms. The number of rotatable bonds is 1. The molecule has 0 aliphatic carbocycles. The Bertz CT molecular complexity index is 300. The molecule has 2 heterocycles. The molecule has 5 heteroatoms. The molecule has 1 fully saturated rings. The van der Waals surface area contributed by atoms with Gasteiger partial charge in [0.2, 0.25) is 5.91 Å². The molecule has 0 aromatic rings. The van der Waals surface area contributed by atoms with Crippen molar-refractivity contribution in [3.63, 3.8) is 0 Å². The second kappa shape index (κ2) is 3.06. The predicted octanol–water partition coefficient (Wildman–Crippen LogP) is 0.348. The van der Waals surface area contributed by atoms with Crippen molar-refractivity contribution in [2.45, 2.75) is 11.8 Å². The number of nitrogens with zero attached hydrogens (tertiary/aromatic N) is 1. The van der Waals surface area contributed by atoms with E-state index >= 15 is 0 Å². The molecule has 1 amide bonds. The third-order valence-electron chi connectivity index (χ3n) is 2.12.